The van der Waals surface area contributed by atoms with Gasteiger partial charge >= 0.3 is 24.0 Å². The van der Waals surface area contributed by atoms with Crippen LogP contribution in [0, 0.1) is 0 Å². The molecule has 11 nitrogen and oxygen atoms in total. The van der Waals surface area contributed by atoms with Crippen molar-refractivity contribution in [3.63, 3.8) is 0 Å². The van der Waals surface area contributed by atoms with E-state index in [9.17, 15) is 24.0 Å². The molecule has 1 heterocycles. The molecule has 2 amide bonds. The molecule has 1 fully saturated rings. The Bertz CT molecular complexity index is 1490. The highest BCUT2D eigenvalue weighted by atomic mass is 16.6. The van der Waals surface area contributed by atoms with Gasteiger partial charge in [-0.25, -0.2) is 19.2 Å². The summed E-state index contributed by atoms with van der Waals surface area (Å²) >= 11 is 0. The summed E-state index contributed by atoms with van der Waals surface area (Å²) in [5.74, 6) is -2.70. The fourth-order valence-corrected chi connectivity index (χ4v) is 4.83. The number of benzene rings is 3. The second-order valence-corrected chi connectivity index (χ2v) is 11.4. The number of ether oxygens (including phenoxy) is 4. The van der Waals surface area contributed by atoms with Gasteiger partial charge in [0, 0.05) is 13.5 Å². The molecular formula is C34H36N2O9. The van der Waals surface area contributed by atoms with Gasteiger partial charge in [0.05, 0.1) is 22.7 Å². The number of carbonyl (C=O) groups is 5. The Morgan fingerprint density at radius 3 is 1.60 bits per heavy atom. The summed E-state index contributed by atoms with van der Waals surface area (Å²) in [7, 11) is 0. The Labute approximate surface area is 261 Å². The first kappa shape index (κ1) is 32.7. The number of piperidine rings is 1. The minimum Gasteiger partial charge on any atom is -0.460 e. The number of nitrogens with zero attached hydrogens (tertiary/aromatic N) is 1. The maximum absolute atomic E-state index is 13.6. The Morgan fingerprint density at radius 2 is 1.16 bits per heavy atom. The molecule has 4 atom stereocenters. The Morgan fingerprint density at radius 1 is 0.711 bits per heavy atom. The number of esters is 3. The number of likely N-dealkylation sites (tertiary alicyclic amines) is 1. The van der Waals surface area contributed by atoms with E-state index in [4.69, 9.17) is 18.9 Å². The van der Waals surface area contributed by atoms with Crippen molar-refractivity contribution in [3.8, 4) is 0 Å². The average molecular weight is 617 g/mol. The maximum atomic E-state index is 13.6. The highest BCUT2D eigenvalue weighted by Gasteiger charge is 2.51. The van der Waals surface area contributed by atoms with Gasteiger partial charge in [-0.3, -0.25) is 9.69 Å². The van der Waals surface area contributed by atoms with Crippen LogP contribution in [0.4, 0.5) is 4.79 Å². The van der Waals surface area contributed by atoms with Crippen LogP contribution in [0.25, 0.3) is 0 Å². The lowest BCUT2D eigenvalue weighted by atomic mass is 9.91. The number of carbonyl (C=O) groups excluding carboxylic acids is 5. The molecule has 236 valence electrons. The van der Waals surface area contributed by atoms with Crippen molar-refractivity contribution in [2.24, 2.45) is 0 Å². The molecule has 4 rings (SSSR count). The highest BCUT2D eigenvalue weighted by Crippen LogP contribution is 2.29. The predicted octanol–water partition coefficient (Wildman–Crippen LogP) is 4.42. The molecule has 1 aliphatic rings. The fraction of sp³-hybridized carbons (Fsp3) is 0.324. The van der Waals surface area contributed by atoms with Crippen LogP contribution in [-0.2, 0) is 23.7 Å². The number of amides is 2. The molecule has 45 heavy (non-hydrogen) atoms. The molecule has 0 aromatic heterocycles. The van der Waals surface area contributed by atoms with Crippen LogP contribution in [0.3, 0.4) is 0 Å². The third-order valence-corrected chi connectivity index (χ3v) is 6.81. The molecule has 1 saturated heterocycles. The SMILES string of the molecule is CC(=O)NC1CN(C(=O)OC(C)(C)C)C(COC(=O)c2ccccc2)C(OC(=O)c2ccccc2)C1OC(=O)c1ccccc1. The van der Waals surface area contributed by atoms with Gasteiger partial charge in [-0.1, -0.05) is 54.6 Å². The molecule has 0 saturated carbocycles. The second kappa shape index (κ2) is 14.5. The van der Waals surface area contributed by atoms with Crippen molar-refractivity contribution >= 4 is 29.9 Å². The first-order valence-electron chi connectivity index (χ1n) is 14.4. The molecule has 0 spiro atoms. The van der Waals surface area contributed by atoms with Crippen molar-refractivity contribution in [2.45, 2.75) is 57.6 Å². The normalized spacial score (nSPS) is 19.5. The van der Waals surface area contributed by atoms with Gasteiger partial charge < -0.3 is 24.3 Å². The van der Waals surface area contributed by atoms with Crippen molar-refractivity contribution in [3.05, 3.63) is 108 Å². The van der Waals surface area contributed by atoms with E-state index < -0.39 is 66.4 Å². The fourth-order valence-electron chi connectivity index (χ4n) is 4.83. The summed E-state index contributed by atoms with van der Waals surface area (Å²) < 4.78 is 23.2. The van der Waals surface area contributed by atoms with Crippen LogP contribution in [0.5, 0.6) is 0 Å². The van der Waals surface area contributed by atoms with Crippen molar-refractivity contribution in [2.75, 3.05) is 13.2 Å². The Balaban J connectivity index is 1.77. The first-order valence-corrected chi connectivity index (χ1v) is 14.4. The zero-order valence-electron chi connectivity index (χ0n) is 25.5. The lowest BCUT2D eigenvalue weighted by molar-refractivity contribution is -0.131. The van der Waals surface area contributed by atoms with Crippen LogP contribution >= 0.6 is 0 Å². The summed E-state index contributed by atoms with van der Waals surface area (Å²) in [5.41, 5.74) is -0.248. The summed E-state index contributed by atoms with van der Waals surface area (Å²) in [6, 6.07) is 22.3. The van der Waals surface area contributed by atoms with E-state index in [1.54, 1.807) is 99.6 Å². The lowest BCUT2D eigenvalue weighted by Gasteiger charge is -2.47. The van der Waals surface area contributed by atoms with Gasteiger partial charge in [-0.15, -0.1) is 0 Å². The van der Waals surface area contributed by atoms with Crippen LogP contribution in [0.2, 0.25) is 0 Å². The van der Waals surface area contributed by atoms with E-state index in [0.717, 1.165) is 0 Å². The van der Waals surface area contributed by atoms with Crippen molar-refractivity contribution < 1.29 is 42.9 Å². The highest BCUT2D eigenvalue weighted by molar-refractivity contribution is 5.91. The minimum absolute atomic E-state index is 0.191. The van der Waals surface area contributed by atoms with E-state index in [2.05, 4.69) is 5.32 Å². The topological polar surface area (TPSA) is 138 Å². The lowest BCUT2D eigenvalue weighted by Crippen LogP contribution is -2.69. The molecule has 0 aliphatic carbocycles. The van der Waals surface area contributed by atoms with Crippen LogP contribution in [0.15, 0.2) is 91.0 Å². The molecule has 3 aromatic carbocycles. The molecule has 3 aromatic rings. The summed E-state index contributed by atoms with van der Waals surface area (Å²) in [6.45, 7) is 5.65. The molecule has 1 N–H and O–H groups in total. The van der Waals surface area contributed by atoms with Gasteiger partial charge in [0.2, 0.25) is 5.91 Å². The van der Waals surface area contributed by atoms with E-state index in [1.807, 2.05) is 0 Å². The van der Waals surface area contributed by atoms with Gasteiger partial charge in [0.25, 0.3) is 0 Å². The summed E-state index contributed by atoms with van der Waals surface area (Å²) in [6.07, 6.45) is -3.52. The molecule has 4 unspecified atom stereocenters. The van der Waals surface area contributed by atoms with E-state index in [-0.39, 0.29) is 23.2 Å². The zero-order chi connectivity index (χ0) is 32.6. The van der Waals surface area contributed by atoms with E-state index in [1.165, 1.54) is 24.0 Å². The Kier molecular flexibility index (Phi) is 10.6. The van der Waals surface area contributed by atoms with E-state index >= 15 is 0 Å². The van der Waals surface area contributed by atoms with Crippen molar-refractivity contribution in [1.82, 2.24) is 10.2 Å². The smallest absolute Gasteiger partial charge is 0.410 e. The number of nitrogens with one attached hydrogen (secondary N) is 1. The van der Waals surface area contributed by atoms with Gasteiger partial charge in [-0.2, -0.15) is 0 Å². The van der Waals surface area contributed by atoms with Crippen LogP contribution < -0.4 is 5.32 Å². The molecule has 11 heteroatoms. The number of hydrogen-bond donors (Lipinski definition) is 1. The standard InChI is InChI=1S/C34H36N2O9/c1-22(37)35-26-20-36(33(41)45-34(2,3)4)27(21-42-30(38)23-14-8-5-9-15-23)29(44-32(40)25-18-12-7-13-19-25)28(26)43-31(39)24-16-10-6-11-17-24/h5-19,26-29H,20-21H2,1-4H3,(H,35,37). The van der Waals surface area contributed by atoms with Crippen LogP contribution in [0.1, 0.15) is 58.8 Å². The molecule has 1 aliphatic heterocycles. The third-order valence-electron chi connectivity index (χ3n) is 6.81. The zero-order valence-corrected chi connectivity index (χ0v) is 25.5. The molecular weight excluding hydrogens is 580 g/mol. The third kappa shape index (κ3) is 8.91. The van der Waals surface area contributed by atoms with Gasteiger partial charge in [0.15, 0.2) is 12.2 Å². The monoisotopic (exact) mass is 616 g/mol. The van der Waals surface area contributed by atoms with Crippen LogP contribution in [-0.4, -0.2) is 77.9 Å². The number of rotatable bonds is 8. The molecule has 0 bridgehead atoms. The van der Waals surface area contributed by atoms with Gasteiger partial charge in [-0.05, 0) is 57.2 Å². The summed E-state index contributed by atoms with van der Waals surface area (Å²) in [4.78, 5) is 67.0. The quantitative estimate of drug-likeness (QED) is 0.288. The second-order valence-electron chi connectivity index (χ2n) is 11.4. The molecule has 0 radical (unpaired) electrons. The predicted molar refractivity (Wildman–Crippen MR) is 162 cm³/mol. The largest absolute Gasteiger partial charge is 0.460 e. The average Bonchev–Trinajstić information content (AvgIpc) is 3.01. The first-order chi connectivity index (χ1) is 21.4. The maximum Gasteiger partial charge on any atom is 0.410 e. The Hall–Kier alpha value is -5.19. The van der Waals surface area contributed by atoms with E-state index in [0.29, 0.717) is 0 Å². The van der Waals surface area contributed by atoms with Crippen molar-refractivity contribution in [1.29, 1.82) is 0 Å². The summed E-state index contributed by atoms with van der Waals surface area (Å²) in [5, 5.41) is 2.73. The number of hydrogen-bond acceptors (Lipinski definition) is 9. The minimum atomic E-state index is -1.41. The van der Waals surface area contributed by atoms with Gasteiger partial charge in [0.1, 0.15) is 18.2 Å².